The van der Waals surface area contributed by atoms with Crippen molar-refractivity contribution in [3.05, 3.63) is 0 Å². The molecule has 0 aromatic heterocycles. The Labute approximate surface area is 128 Å². The molecule has 0 N–H and O–H groups in total. The Morgan fingerprint density at radius 2 is 0.909 bits per heavy atom. The van der Waals surface area contributed by atoms with Gasteiger partial charge in [0.1, 0.15) is 0 Å². The third kappa shape index (κ3) is 19.3. The van der Waals surface area contributed by atoms with Gasteiger partial charge in [0.05, 0.1) is 0 Å². The molecule has 0 aromatic rings. The van der Waals surface area contributed by atoms with Gasteiger partial charge >= 0.3 is 79.6 Å². The first kappa shape index (κ1) is 19.4. The Morgan fingerprint density at radius 1 is 0.727 bits per heavy atom. The third-order valence-electron chi connectivity index (χ3n) is 0.250. The zero-order chi connectivity index (χ0) is 7.71. The van der Waals surface area contributed by atoms with E-state index in [1.165, 1.54) is 0 Å². The van der Waals surface area contributed by atoms with Gasteiger partial charge in [0.2, 0.25) is 0 Å². The second kappa shape index (κ2) is 7.12. The first-order valence-electron chi connectivity index (χ1n) is 1.63. The van der Waals surface area contributed by atoms with E-state index in [0.29, 0.717) is 0 Å². The molecule has 0 saturated carbocycles. The predicted octanol–water partition coefficient (Wildman–Crippen LogP) is -7.97. The first-order valence-corrected chi connectivity index (χ1v) is 4.90. The summed E-state index contributed by atoms with van der Waals surface area (Å²) in [5.74, 6) is 0. The molecule has 0 aliphatic heterocycles. The van der Waals surface area contributed by atoms with Crippen LogP contribution in [0.4, 0.5) is 0 Å². The van der Waals surface area contributed by atoms with E-state index in [2.05, 4.69) is 4.12 Å². The minimum absolute atomic E-state index is 0. The van der Waals surface area contributed by atoms with E-state index in [4.69, 9.17) is 0 Å². The van der Waals surface area contributed by atoms with Crippen LogP contribution in [-0.2, 0) is 36.8 Å². The van der Waals surface area contributed by atoms with Crippen molar-refractivity contribution < 1.29 is 113 Å². The zero-order valence-electron chi connectivity index (χ0n) is 4.70. The van der Waals surface area contributed by atoms with Gasteiger partial charge in [-0.15, -0.1) is 18.1 Å². The van der Waals surface area contributed by atoms with Crippen LogP contribution in [0.3, 0.4) is 0 Å². The molecule has 0 heterocycles. The molecule has 0 atom stereocenters. The summed E-state index contributed by atoms with van der Waals surface area (Å²) in [6.45, 7) is 0. The summed E-state index contributed by atoms with van der Waals surface area (Å²) in [6.07, 6.45) is 0. The molecule has 0 amide bonds. The van der Waals surface area contributed by atoms with Gasteiger partial charge in [-0.25, -0.2) is 0 Å². The molecule has 67 valence electrons. The number of rotatable bonds is 2. The molecule has 11 heteroatoms. The molecule has 0 aliphatic carbocycles. The monoisotopic (exact) mass is 431 g/mol. The standard InChI is InChI=1S/O7Si2.Y.Yb/c1-8(2,3)7-9(4,5)6;;/q-6;2*+3. The molecular weight excluding hydrogens is 430 g/mol. The fraction of sp³-hybridized carbons (Fsp3) is 0. The third-order valence-corrected chi connectivity index (χ3v) is 2.25. The van der Waals surface area contributed by atoms with Crippen molar-refractivity contribution in [1.82, 2.24) is 0 Å². The van der Waals surface area contributed by atoms with E-state index in [9.17, 15) is 28.8 Å². The van der Waals surface area contributed by atoms with Crippen molar-refractivity contribution in [2.45, 2.75) is 0 Å². The van der Waals surface area contributed by atoms with Crippen molar-refractivity contribution >= 4 is 18.1 Å². The van der Waals surface area contributed by atoms with Gasteiger partial charge in [-0.2, -0.15) is 0 Å². The van der Waals surface area contributed by atoms with Crippen LogP contribution >= 0.6 is 0 Å². The molecule has 1 radical (unpaired) electrons. The van der Waals surface area contributed by atoms with E-state index >= 15 is 0 Å². The summed E-state index contributed by atoms with van der Waals surface area (Å²) in [6, 6.07) is 0. The molecule has 0 aliphatic rings. The van der Waals surface area contributed by atoms with Crippen molar-refractivity contribution in [1.29, 1.82) is 0 Å². The van der Waals surface area contributed by atoms with Gasteiger partial charge in [-0.1, -0.05) is 0 Å². The molecule has 0 saturated heterocycles. The summed E-state index contributed by atoms with van der Waals surface area (Å²) in [5, 5.41) is 0. The van der Waals surface area contributed by atoms with E-state index in [-0.39, 0.29) is 79.6 Å². The molecule has 0 spiro atoms. The van der Waals surface area contributed by atoms with Crippen molar-refractivity contribution in [3.8, 4) is 0 Å². The van der Waals surface area contributed by atoms with E-state index < -0.39 is 18.1 Å². The maximum Gasteiger partial charge on any atom is 3.00 e. The number of hydrogen-bond acceptors (Lipinski definition) is 7. The Hall–Kier alpha value is 2.78. The normalized spacial score (nSPS) is 11.5. The second-order valence-corrected chi connectivity index (χ2v) is 3.92. The van der Waals surface area contributed by atoms with Gasteiger partial charge in [-0.05, 0) is 0 Å². The molecule has 0 rings (SSSR count). The van der Waals surface area contributed by atoms with E-state index in [0.717, 1.165) is 0 Å². The SMILES string of the molecule is [O-][Si]([O-])([O-])O[Si]([O-])([O-])[O-].[Y+3].[Yb+3]. The molecular formula is O7Si2YYb. The molecule has 0 aromatic carbocycles. The molecule has 7 nitrogen and oxygen atoms in total. The van der Waals surface area contributed by atoms with E-state index in [1.807, 2.05) is 0 Å². The van der Waals surface area contributed by atoms with Crippen LogP contribution in [0.25, 0.3) is 0 Å². The summed E-state index contributed by atoms with van der Waals surface area (Å²) in [7, 11) is -11.8. The molecule has 11 heavy (non-hydrogen) atoms. The van der Waals surface area contributed by atoms with Gasteiger partial charge in [0.15, 0.2) is 0 Å². The van der Waals surface area contributed by atoms with E-state index in [1.54, 1.807) is 0 Å². The molecule has 0 bridgehead atoms. The van der Waals surface area contributed by atoms with Crippen LogP contribution in [0.5, 0.6) is 0 Å². The Balaban J connectivity index is -0.000000320. The summed E-state index contributed by atoms with van der Waals surface area (Å²) < 4.78 is 2.57. The summed E-state index contributed by atoms with van der Waals surface area (Å²) in [5.41, 5.74) is 0. The number of hydrogen-bond donors (Lipinski definition) is 0. The molecule has 0 fully saturated rings. The topological polar surface area (TPSA) is 148 Å². The van der Waals surface area contributed by atoms with Crippen molar-refractivity contribution in [2.75, 3.05) is 0 Å². The fourth-order valence-electron chi connectivity index (χ4n) is 0.153. The van der Waals surface area contributed by atoms with Gasteiger partial charge in [0.25, 0.3) is 0 Å². The Kier molecular flexibility index (Phi) is 12.5. The minimum atomic E-state index is -5.92. The average molecular weight is 430 g/mol. The maximum absolute atomic E-state index is 9.36. The van der Waals surface area contributed by atoms with Crippen molar-refractivity contribution in [2.24, 2.45) is 0 Å². The van der Waals surface area contributed by atoms with Gasteiger partial charge in [0, 0.05) is 0 Å². The molecule has 0 unspecified atom stereocenters. The van der Waals surface area contributed by atoms with Crippen LogP contribution in [0.15, 0.2) is 0 Å². The van der Waals surface area contributed by atoms with Crippen LogP contribution in [0.2, 0.25) is 0 Å². The Morgan fingerprint density at radius 3 is 0.909 bits per heavy atom. The first-order chi connectivity index (χ1) is 3.71. The van der Waals surface area contributed by atoms with Crippen LogP contribution in [0.1, 0.15) is 0 Å². The fourth-order valence-corrected chi connectivity index (χ4v) is 1.38. The largest absolute Gasteiger partial charge is 3.00 e. The van der Waals surface area contributed by atoms with Crippen LogP contribution in [-0.4, -0.2) is 18.1 Å². The Bertz CT molecular complexity index is 81.6. The maximum atomic E-state index is 9.36. The average Bonchev–Trinajstić information content (AvgIpc) is 1.14. The predicted molar refractivity (Wildman–Crippen MR) is 12.6 cm³/mol. The summed E-state index contributed by atoms with van der Waals surface area (Å²) >= 11 is 0. The van der Waals surface area contributed by atoms with Crippen LogP contribution in [0, 0.1) is 46.9 Å². The van der Waals surface area contributed by atoms with Gasteiger partial charge < -0.3 is 32.9 Å². The quantitative estimate of drug-likeness (QED) is 0.395. The summed E-state index contributed by atoms with van der Waals surface area (Å²) in [4.78, 5) is 56.2. The second-order valence-electron chi connectivity index (χ2n) is 1.10. The van der Waals surface area contributed by atoms with Crippen molar-refractivity contribution in [3.63, 3.8) is 0 Å². The smallest absolute Gasteiger partial charge is 0.862 e. The van der Waals surface area contributed by atoms with Crippen LogP contribution < -0.4 is 28.8 Å². The van der Waals surface area contributed by atoms with Gasteiger partial charge in [-0.3, -0.25) is 0 Å². The zero-order valence-corrected chi connectivity index (χ0v) is 11.3. The minimum Gasteiger partial charge on any atom is -0.862 e.